The van der Waals surface area contributed by atoms with Gasteiger partial charge in [0, 0.05) is 11.8 Å². The molecule has 3 aromatic rings. The third kappa shape index (κ3) is 2.63. The highest BCUT2D eigenvalue weighted by atomic mass is 19.1. The number of benzene rings is 3. The van der Waals surface area contributed by atoms with E-state index in [2.05, 4.69) is 4.99 Å². The Hall–Kier alpha value is -2.68. The van der Waals surface area contributed by atoms with Gasteiger partial charge < -0.3 is 5.11 Å². The summed E-state index contributed by atoms with van der Waals surface area (Å²) in [5, 5.41) is 12.0. The molecule has 3 heteroatoms. The third-order valence-electron chi connectivity index (χ3n) is 3.43. The smallest absolute Gasteiger partial charge is 0.126 e. The van der Waals surface area contributed by atoms with Gasteiger partial charge in [-0.25, -0.2) is 4.39 Å². The maximum Gasteiger partial charge on any atom is 0.126 e. The number of nitrogens with zero attached hydrogens (tertiary/aromatic N) is 1. The Morgan fingerprint density at radius 3 is 2.67 bits per heavy atom. The number of aryl methyl sites for hydroxylation is 1. The van der Waals surface area contributed by atoms with Crippen molar-refractivity contribution in [1.82, 2.24) is 0 Å². The van der Waals surface area contributed by atoms with E-state index >= 15 is 0 Å². The van der Waals surface area contributed by atoms with E-state index in [-0.39, 0.29) is 11.6 Å². The summed E-state index contributed by atoms with van der Waals surface area (Å²) >= 11 is 0. The van der Waals surface area contributed by atoms with Crippen molar-refractivity contribution in [2.45, 2.75) is 6.92 Å². The summed E-state index contributed by atoms with van der Waals surface area (Å²) in [5.41, 5.74) is 1.86. The second kappa shape index (κ2) is 5.37. The fourth-order valence-electron chi connectivity index (χ4n) is 2.27. The fourth-order valence-corrected chi connectivity index (χ4v) is 2.27. The van der Waals surface area contributed by atoms with E-state index in [9.17, 15) is 9.50 Å². The number of aliphatic imine (C=N–C) groups is 1. The minimum Gasteiger partial charge on any atom is -0.507 e. The zero-order chi connectivity index (χ0) is 14.8. The van der Waals surface area contributed by atoms with Crippen LogP contribution in [0.5, 0.6) is 5.75 Å². The summed E-state index contributed by atoms with van der Waals surface area (Å²) in [7, 11) is 0. The largest absolute Gasteiger partial charge is 0.507 e. The lowest BCUT2D eigenvalue weighted by Crippen LogP contribution is -1.86. The topological polar surface area (TPSA) is 32.6 Å². The molecule has 0 aliphatic rings. The fraction of sp³-hybridized carbons (Fsp3) is 0.0556. The van der Waals surface area contributed by atoms with Gasteiger partial charge in [-0.3, -0.25) is 4.99 Å². The van der Waals surface area contributed by atoms with Crippen LogP contribution in [0.1, 0.15) is 11.1 Å². The van der Waals surface area contributed by atoms with E-state index in [0.717, 1.165) is 10.8 Å². The van der Waals surface area contributed by atoms with E-state index in [4.69, 9.17) is 0 Å². The van der Waals surface area contributed by atoms with E-state index in [1.807, 2.05) is 30.3 Å². The molecule has 0 atom stereocenters. The zero-order valence-electron chi connectivity index (χ0n) is 11.5. The molecule has 0 unspecified atom stereocenters. The van der Waals surface area contributed by atoms with Gasteiger partial charge in [-0.15, -0.1) is 0 Å². The second-order valence-corrected chi connectivity index (χ2v) is 4.91. The molecular weight excluding hydrogens is 265 g/mol. The van der Waals surface area contributed by atoms with Crippen molar-refractivity contribution in [2.75, 3.05) is 0 Å². The summed E-state index contributed by atoms with van der Waals surface area (Å²) in [6.45, 7) is 1.70. The number of halogens is 1. The van der Waals surface area contributed by atoms with Gasteiger partial charge in [0.25, 0.3) is 0 Å². The van der Waals surface area contributed by atoms with Crippen LogP contribution < -0.4 is 0 Å². The first-order valence-corrected chi connectivity index (χ1v) is 6.66. The predicted molar refractivity (Wildman–Crippen MR) is 84.0 cm³/mol. The number of aromatic hydroxyl groups is 1. The molecule has 21 heavy (non-hydrogen) atoms. The number of rotatable bonds is 2. The second-order valence-electron chi connectivity index (χ2n) is 4.91. The molecule has 0 spiro atoms. The third-order valence-corrected chi connectivity index (χ3v) is 3.43. The molecule has 0 amide bonds. The van der Waals surface area contributed by atoms with Crippen molar-refractivity contribution in [3.8, 4) is 5.75 Å². The molecule has 0 bridgehead atoms. The molecule has 3 aromatic carbocycles. The van der Waals surface area contributed by atoms with Crippen LogP contribution in [0.15, 0.2) is 59.6 Å². The Morgan fingerprint density at radius 2 is 1.86 bits per heavy atom. The zero-order valence-corrected chi connectivity index (χ0v) is 11.5. The first kappa shape index (κ1) is 13.3. The minimum absolute atomic E-state index is 0.177. The van der Waals surface area contributed by atoms with Crippen LogP contribution in [0.4, 0.5) is 10.1 Å². The van der Waals surface area contributed by atoms with E-state index in [0.29, 0.717) is 16.8 Å². The molecule has 0 saturated heterocycles. The Balaban J connectivity index is 2.06. The van der Waals surface area contributed by atoms with Crippen molar-refractivity contribution >= 4 is 22.7 Å². The van der Waals surface area contributed by atoms with Gasteiger partial charge in [0.15, 0.2) is 0 Å². The Labute approximate surface area is 122 Å². The van der Waals surface area contributed by atoms with Crippen LogP contribution in [0, 0.1) is 12.7 Å². The van der Waals surface area contributed by atoms with Gasteiger partial charge in [0.2, 0.25) is 0 Å². The number of hydrogen-bond donors (Lipinski definition) is 1. The molecular formula is C18H14FNO. The summed E-state index contributed by atoms with van der Waals surface area (Å²) in [6, 6.07) is 16.0. The number of phenols is 1. The predicted octanol–water partition coefficient (Wildman–Crippen LogP) is 4.74. The first-order chi connectivity index (χ1) is 10.1. The quantitative estimate of drug-likeness (QED) is 0.675. The average Bonchev–Trinajstić information content (AvgIpc) is 2.50. The maximum atomic E-state index is 13.2. The van der Waals surface area contributed by atoms with Gasteiger partial charge in [0.05, 0.1) is 5.69 Å². The minimum atomic E-state index is -0.248. The van der Waals surface area contributed by atoms with Crippen molar-refractivity contribution < 1.29 is 9.50 Å². The number of fused-ring (bicyclic) bond motifs is 1. The molecule has 0 heterocycles. The maximum absolute atomic E-state index is 13.2. The Morgan fingerprint density at radius 1 is 1.05 bits per heavy atom. The highest BCUT2D eigenvalue weighted by Gasteiger charge is 2.04. The molecule has 3 rings (SSSR count). The summed E-state index contributed by atoms with van der Waals surface area (Å²) in [4.78, 5) is 4.34. The van der Waals surface area contributed by atoms with Crippen molar-refractivity contribution in [2.24, 2.45) is 4.99 Å². The summed E-state index contributed by atoms with van der Waals surface area (Å²) in [6.07, 6.45) is 1.62. The summed E-state index contributed by atoms with van der Waals surface area (Å²) < 4.78 is 13.2. The van der Waals surface area contributed by atoms with Gasteiger partial charge in [-0.05, 0) is 47.5 Å². The highest BCUT2D eigenvalue weighted by molar-refractivity contribution is 6.02. The van der Waals surface area contributed by atoms with E-state index in [1.54, 1.807) is 31.3 Å². The molecule has 0 saturated carbocycles. The molecule has 1 N–H and O–H groups in total. The molecule has 0 fully saturated rings. The molecule has 104 valence electrons. The van der Waals surface area contributed by atoms with E-state index < -0.39 is 0 Å². The lowest BCUT2D eigenvalue weighted by molar-refractivity contribution is 0.475. The van der Waals surface area contributed by atoms with Crippen LogP contribution in [0.3, 0.4) is 0 Å². The van der Waals surface area contributed by atoms with Crippen LogP contribution in [0.2, 0.25) is 0 Å². The van der Waals surface area contributed by atoms with Crippen LogP contribution >= 0.6 is 0 Å². The standard InChI is InChI=1S/C18H14FNO/c1-12-10-14(7-8-17(12)19)20-11-16-15-5-3-2-4-13(15)6-9-18(16)21/h2-11,21H,1H3. The normalized spacial score (nSPS) is 11.3. The van der Waals surface area contributed by atoms with Crippen molar-refractivity contribution in [3.63, 3.8) is 0 Å². The molecule has 2 nitrogen and oxygen atoms in total. The average molecular weight is 279 g/mol. The monoisotopic (exact) mass is 279 g/mol. The molecule has 0 aliphatic heterocycles. The van der Waals surface area contributed by atoms with Crippen molar-refractivity contribution in [3.05, 3.63) is 71.5 Å². The lowest BCUT2D eigenvalue weighted by Gasteiger charge is -2.05. The van der Waals surface area contributed by atoms with Gasteiger partial charge in [-0.2, -0.15) is 0 Å². The highest BCUT2D eigenvalue weighted by Crippen LogP contribution is 2.26. The molecule has 0 aromatic heterocycles. The van der Waals surface area contributed by atoms with Crippen LogP contribution in [0.25, 0.3) is 10.8 Å². The molecule has 0 aliphatic carbocycles. The number of phenolic OH excluding ortho intramolecular Hbond substituents is 1. The van der Waals surface area contributed by atoms with Gasteiger partial charge >= 0.3 is 0 Å². The first-order valence-electron chi connectivity index (χ1n) is 6.66. The Bertz CT molecular complexity index is 840. The Kier molecular flexibility index (Phi) is 3.40. The van der Waals surface area contributed by atoms with E-state index in [1.165, 1.54) is 6.07 Å². The summed E-state index contributed by atoms with van der Waals surface area (Å²) in [5.74, 6) is -0.0711. The van der Waals surface area contributed by atoms with Crippen molar-refractivity contribution in [1.29, 1.82) is 0 Å². The van der Waals surface area contributed by atoms with Gasteiger partial charge in [0.1, 0.15) is 11.6 Å². The van der Waals surface area contributed by atoms with Gasteiger partial charge in [-0.1, -0.05) is 30.3 Å². The lowest BCUT2D eigenvalue weighted by atomic mass is 10.0. The molecule has 0 radical (unpaired) electrons. The number of hydrogen-bond acceptors (Lipinski definition) is 2. The SMILES string of the molecule is Cc1cc(N=Cc2c(O)ccc3ccccc23)ccc1F. The van der Waals surface area contributed by atoms with Crippen LogP contribution in [-0.4, -0.2) is 11.3 Å². The van der Waals surface area contributed by atoms with Crippen LogP contribution in [-0.2, 0) is 0 Å².